The highest BCUT2D eigenvalue weighted by molar-refractivity contribution is 5.99. The van der Waals surface area contributed by atoms with Crippen LogP contribution in [0.1, 0.15) is 29.8 Å². The van der Waals surface area contributed by atoms with Crippen LogP contribution in [0.3, 0.4) is 0 Å². The second-order valence-electron chi connectivity index (χ2n) is 5.42. The fourth-order valence-electron chi connectivity index (χ4n) is 2.43. The van der Waals surface area contributed by atoms with E-state index in [-0.39, 0.29) is 34.5 Å². The number of aromatic nitrogens is 1. The number of carbonyl (C=O) groups excluding carboxylic acids is 1. The van der Waals surface area contributed by atoms with Crippen molar-refractivity contribution in [2.75, 3.05) is 12.3 Å². The van der Waals surface area contributed by atoms with E-state index in [0.717, 1.165) is 11.1 Å². The van der Waals surface area contributed by atoms with Crippen LogP contribution in [0.4, 0.5) is 5.82 Å². The van der Waals surface area contributed by atoms with Gasteiger partial charge in [0.25, 0.3) is 0 Å². The van der Waals surface area contributed by atoms with Crippen LogP contribution in [-0.4, -0.2) is 17.6 Å². The topological polar surface area (TPSA) is 95.4 Å². The summed E-state index contributed by atoms with van der Waals surface area (Å²) in [6.45, 7) is 7.61. The highest BCUT2D eigenvalue weighted by Gasteiger charge is 2.17. The number of pyridine rings is 1. The number of nitrogen functional groups attached to an aromatic ring is 1. The molecule has 0 spiro atoms. The molecule has 3 rings (SSSR count). The zero-order valence-corrected chi connectivity index (χ0v) is 13.4. The molecule has 0 atom stereocenters. The molecule has 0 saturated carbocycles. The third kappa shape index (κ3) is 2.52. The van der Waals surface area contributed by atoms with Crippen LogP contribution in [0.5, 0.6) is 0 Å². The summed E-state index contributed by atoms with van der Waals surface area (Å²) in [5.41, 5.74) is 7.70. The second kappa shape index (κ2) is 5.81. The fraction of sp³-hybridized carbons (Fsp3) is 0.167. The van der Waals surface area contributed by atoms with E-state index < -0.39 is 5.97 Å². The SMILES string of the molecule is C=C(C)c1ccc2oc3nc(N)c(C(=O)OCC)cc3c(=O)c2c1. The van der Waals surface area contributed by atoms with Crippen LogP contribution >= 0.6 is 0 Å². The van der Waals surface area contributed by atoms with E-state index in [1.54, 1.807) is 19.1 Å². The Morgan fingerprint density at radius 3 is 2.75 bits per heavy atom. The molecule has 3 aromatic rings. The first kappa shape index (κ1) is 15.7. The van der Waals surface area contributed by atoms with Gasteiger partial charge in [-0.15, -0.1) is 0 Å². The number of nitrogens with two attached hydrogens (primary N) is 1. The van der Waals surface area contributed by atoms with Gasteiger partial charge in [-0.3, -0.25) is 4.79 Å². The third-order valence-corrected chi connectivity index (χ3v) is 3.68. The number of hydrogen-bond acceptors (Lipinski definition) is 6. The predicted molar refractivity (Wildman–Crippen MR) is 92.9 cm³/mol. The molecule has 0 unspecified atom stereocenters. The highest BCUT2D eigenvalue weighted by Crippen LogP contribution is 2.23. The molecule has 0 fully saturated rings. The lowest BCUT2D eigenvalue weighted by atomic mass is 10.1. The molecular formula is C18H16N2O4. The van der Waals surface area contributed by atoms with E-state index in [1.807, 2.05) is 13.0 Å². The largest absolute Gasteiger partial charge is 0.462 e. The van der Waals surface area contributed by atoms with Crippen molar-refractivity contribution in [3.8, 4) is 0 Å². The number of nitrogens with zero attached hydrogens (tertiary/aromatic N) is 1. The maximum absolute atomic E-state index is 12.8. The zero-order valence-electron chi connectivity index (χ0n) is 13.4. The standard InChI is InChI=1S/C18H16N2O4/c1-4-23-18(22)13-8-12-15(21)11-7-10(9(2)3)5-6-14(11)24-17(12)20-16(13)19/h5-8H,2,4H2,1,3H3,(H2,19,20). The maximum Gasteiger partial charge on any atom is 0.341 e. The fourth-order valence-corrected chi connectivity index (χ4v) is 2.43. The predicted octanol–water partition coefficient (Wildman–Crippen LogP) is 3.13. The minimum Gasteiger partial charge on any atom is -0.462 e. The molecule has 2 heterocycles. The molecule has 2 N–H and O–H groups in total. The molecule has 0 bridgehead atoms. The first-order valence-electron chi connectivity index (χ1n) is 7.42. The Balaban J connectivity index is 2.33. The lowest BCUT2D eigenvalue weighted by Gasteiger charge is -2.07. The number of rotatable bonds is 3. The average molecular weight is 324 g/mol. The van der Waals surface area contributed by atoms with Crippen molar-refractivity contribution in [1.82, 2.24) is 4.98 Å². The third-order valence-electron chi connectivity index (χ3n) is 3.68. The number of ether oxygens (including phenoxy) is 1. The van der Waals surface area contributed by atoms with E-state index in [0.29, 0.717) is 11.0 Å². The zero-order chi connectivity index (χ0) is 17.4. The number of anilines is 1. The Bertz CT molecular complexity index is 1050. The van der Waals surface area contributed by atoms with Gasteiger partial charge >= 0.3 is 5.97 Å². The molecule has 0 saturated heterocycles. The van der Waals surface area contributed by atoms with Crippen molar-refractivity contribution in [2.45, 2.75) is 13.8 Å². The Labute approximate surface area is 137 Å². The molecule has 0 amide bonds. The van der Waals surface area contributed by atoms with Crippen molar-refractivity contribution in [3.63, 3.8) is 0 Å². The Morgan fingerprint density at radius 2 is 2.08 bits per heavy atom. The summed E-state index contributed by atoms with van der Waals surface area (Å²) in [5.74, 6) is -0.665. The first-order valence-corrected chi connectivity index (χ1v) is 7.42. The molecule has 0 radical (unpaired) electrons. The Morgan fingerprint density at radius 1 is 1.33 bits per heavy atom. The molecule has 122 valence electrons. The van der Waals surface area contributed by atoms with Crippen molar-refractivity contribution in [1.29, 1.82) is 0 Å². The summed E-state index contributed by atoms with van der Waals surface area (Å²) < 4.78 is 10.6. The molecule has 0 aliphatic rings. The van der Waals surface area contributed by atoms with Crippen molar-refractivity contribution in [3.05, 3.63) is 52.2 Å². The van der Waals surface area contributed by atoms with Crippen molar-refractivity contribution < 1.29 is 13.9 Å². The molecule has 6 heteroatoms. The monoisotopic (exact) mass is 324 g/mol. The van der Waals surface area contributed by atoms with E-state index >= 15 is 0 Å². The Kier molecular flexibility index (Phi) is 3.81. The first-order chi connectivity index (χ1) is 11.4. The summed E-state index contributed by atoms with van der Waals surface area (Å²) in [4.78, 5) is 28.8. The number of fused-ring (bicyclic) bond motifs is 2. The van der Waals surface area contributed by atoms with Gasteiger partial charge in [0.15, 0.2) is 0 Å². The summed E-state index contributed by atoms with van der Waals surface area (Å²) >= 11 is 0. The van der Waals surface area contributed by atoms with Gasteiger partial charge in [-0.2, -0.15) is 4.98 Å². The van der Waals surface area contributed by atoms with Crippen LogP contribution in [0.25, 0.3) is 27.6 Å². The van der Waals surface area contributed by atoms with Crippen molar-refractivity contribution >= 4 is 39.4 Å². The minimum atomic E-state index is -0.625. The number of carbonyl (C=O) groups is 1. The second-order valence-corrected chi connectivity index (χ2v) is 5.42. The van der Waals surface area contributed by atoms with Gasteiger partial charge in [-0.05, 0) is 37.6 Å². The highest BCUT2D eigenvalue weighted by atomic mass is 16.5. The molecular weight excluding hydrogens is 308 g/mol. The molecule has 24 heavy (non-hydrogen) atoms. The van der Waals surface area contributed by atoms with Crippen LogP contribution in [0.2, 0.25) is 0 Å². The Hall–Kier alpha value is -3.15. The number of hydrogen-bond donors (Lipinski definition) is 1. The van der Waals surface area contributed by atoms with E-state index in [1.165, 1.54) is 6.07 Å². The molecule has 0 aliphatic carbocycles. The van der Waals surface area contributed by atoms with Gasteiger partial charge in [-0.1, -0.05) is 18.2 Å². The minimum absolute atomic E-state index is 0.0398. The van der Waals surface area contributed by atoms with Gasteiger partial charge in [0.05, 0.1) is 17.4 Å². The van der Waals surface area contributed by atoms with E-state index in [9.17, 15) is 9.59 Å². The van der Waals surface area contributed by atoms with E-state index in [2.05, 4.69) is 11.6 Å². The number of esters is 1. The quantitative estimate of drug-likeness (QED) is 0.587. The summed E-state index contributed by atoms with van der Waals surface area (Å²) in [5, 5.41) is 0.572. The van der Waals surface area contributed by atoms with Crippen LogP contribution in [-0.2, 0) is 4.74 Å². The van der Waals surface area contributed by atoms with Crippen LogP contribution in [0.15, 0.2) is 40.1 Å². The molecule has 0 aliphatic heterocycles. The number of allylic oxidation sites excluding steroid dienone is 1. The van der Waals surface area contributed by atoms with Gasteiger partial charge in [-0.25, -0.2) is 4.79 Å². The summed E-state index contributed by atoms with van der Waals surface area (Å²) in [7, 11) is 0. The molecule has 6 nitrogen and oxygen atoms in total. The average Bonchev–Trinajstić information content (AvgIpc) is 2.54. The lowest BCUT2D eigenvalue weighted by Crippen LogP contribution is -2.12. The van der Waals surface area contributed by atoms with Crippen LogP contribution in [0, 0.1) is 0 Å². The normalized spacial score (nSPS) is 10.9. The number of benzene rings is 1. The summed E-state index contributed by atoms with van der Waals surface area (Å²) in [6, 6.07) is 6.59. The molecule has 2 aromatic heterocycles. The van der Waals surface area contributed by atoms with Gasteiger partial charge in [0, 0.05) is 0 Å². The van der Waals surface area contributed by atoms with Gasteiger partial charge in [0.1, 0.15) is 17.0 Å². The lowest BCUT2D eigenvalue weighted by molar-refractivity contribution is 0.0527. The van der Waals surface area contributed by atoms with E-state index in [4.69, 9.17) is 14.9 Å². The summed E-state index contributed by atoms with van der Waals surface area (Å²) in [6.07, 6.45) is 0. The maximum atomic E-state index is 12.8. The van der Waals surface area contributed by atoms with Gasteiger partial charge in [0.2, 0.25) is 11.1 Å². The van der Waals surface area contributed by atoms with Crippen molar-refractivity contribution in [2.24, 2.45) is 0 Å². The van der Waals surface area contributed by atoms with Gasteiger partial charge < -0.3 is 14.9 Å². The molecule has 1 aromatic carbocycles. The smallest absolute Gasteiger partial charge is 0.341 e. The van der Waals surface area contributed by atoms with Crippen LogP contribution < -0.4 is 11.2 Å².